The first-order valence-corrected chi connectivity index (χ1v) is 8.71. The van der Waals surface area contributed by atoms with Crippen molar-refractivity contribution in [3.63, 3.8) is 0 Å². The SMILES string of the molecule is O=C(Nc1nnc(-c2ccc(F)cc2)o1)C(c1ccccc1)c1ccccc1. The molecule has 0 aliphatic rings. The number of nitrogens with zero attached hydrogens (tertiary/aromatic N) is 2. The predicted molar refractivity (Wildman–Crippen MR) is 103 cm³/mol. The number of anilines is 1. The summed E-state index contributed by atoms with van der Waals surface area (Å²) < 4.78 is 18.6. The molecular formula is C22H16FN3O2. The van der Waals surface area contributed by atoms with Crippen LogP contribution in [0.4, 0.5) is 10.4 Å². The van der Waals surface area contributed by atoms with E-state index >= 15 is 0 Å². The molecule has 0 aliphatic heterocycles. The Balaban J connectivity index is 1.59. The van der Waals surface area contributed by atoms with Gasteiger partial charge in [0.1, 0.15) is 5.82 Å². The fourth-order valence-electron chi connectivity index (χ4n) is 2.95. The van der Waals surface area contributed by atoms with Gasteiger partial charge in [0.2, 0.25) is 11.8 Å². The van der Waals surface area contributed by atoms with Gasteiger partial charge in [-0.3, -0.25) is 10.1 Å². The van der Waals surface area contributed by atoms with Crippen molar-refractivity contribution in [2.24, 2.45) is 0 Å². The predicted octanol–water partition coefficient (Wildman–Crippen LogP) is 4.65. The smallest absolute Gasteiger partial charge is 0.322 e. The van der Waals surface area contributed by atoms with Crippen molar-refractivity contribution in [2.75, 3.05) is 5.32 Å². The van der Waals surface area contributed by atoms with Gasteiger partial charge in [-0.05, 0) is 35.4 Å². The van der Waals surface area contributed by atoms with Gasteiger partial charge in [-0.2, -0.15) is 0 Å². The first-order chi connectivity index (χ1) is 13.7. The highest BCUT2D eigenvalue weighted by molar-refractivity contribution is 5.96. The molecular weight excluding hydrogens is 357 g/mol. The second-order valence-electron chi connectivity index (χ2n) is 6.16. The molecule has 1 aromatic heterocycles. The van der Waals surface area contributed by atoms with Crippen molar-refractivity contribution in [3.8, 4) is 11.5 Å². The molecule has 1 amide bonds. The van der Waals surface area contributed by atoms with Crippen LogP contribution in [-0.2, 0) is 4.79 Å². The maximum atomic E-state index is 13.1. The van der Waals surface area contributed by atoms with Gasteiger partial charge in [0.25, 0.3) is 0 Å². The molecule has 0 fully saturated rings. The van der Waals surface area contributed by atoms with E-state index in [0.717, 1.165) is 11.1 Å². The van der Waals surface area contributed by atoms with Crippen molar-refractivity contribution < 1.29 is 13.6 Å². The molecule has 0 radical (unpaired) electrons. The summed E-state index contributed by atoms with van der Waals surface area (Å²) in [5, 5.41) is 10.5. The Morgan fingerprint density at radius 2 is 1.39 bits per heavy atom. The zero-order valence-corrected chi connectivity index (χ0v) is 14.7. The Morgan fingerprint density at radius 1 is 0.821 bits per heavy atom. The van der Waals surface area contributed by atoms with E-state index in [0.29, 0.717) is 5.56 Å². The highest BCUT2D eigenvalue weighted by Crippen LogP contribution is 2.27. The quantitative estimate of drug-likeness (QED) is 0.553. The van der Waals surface area contributed by atoms with Gasteiger partial charge in [-0.1, -0.05) is 65.8 Å². The van der Waals surface area contributed by atoms with Crippen LogP contribution in [0.15, 0.2) is 89.3 Å². The average molecular weight is 373 g/mol. The van der Waals surface area contributed by atoms with E-state index in [1.54, 1.807) is 0 Å². The van der Waals surface area contributed by atoms with E-state index in [2.05, 4.69) is 15.5 Å². The zero-order valence-electron chi connectivity index (χ0n) is 14.7. The molecule has 0 aliphatic carbocycles. The van der Waals surface area contributed by atoms with Gasteiger partial charge in [-0.25, -0.2) is 4.39 Å². The maximum absolute atomic E-state index is 13.1. The minimum atomic E-state index is -0.524. The zero-order chi connectivity index (χ0) is 19.3. The highest BCUT2D eigenvalue weighted by atomic mass is 19.1. The summed E-state index contributed by atoms with van der Waals surface area (Å²) in [4.78, 5) is 13.0. The van der Waals surface area contributed by atoms with Crippen LogP contribution in [0.5, 0.6) is 0 Å². The minimum absolute atomic E-state index is 0.0128. The summed E-state index contributed by atoms with van der Waals surface area (Å²) in [7, 11) is 0. The Hall–Kier alpha value is -3.80. The molecule has 1 heterocycles. The normalized spacial score (nSPS) is 10.8. The first kappa shape index (κ1) is 17.6. The van der Waals surface area contributed by atoms with Crippen molar-refractivity contribution >= 4 is 11.9 Å². The van der Waals surface area contributed by atoms with Crippen LogP contribution in [-0.4, -0.2) is 16.1 Å². The molecule has 3 aromatic carbocycles. The van der Waals surface area contributed by atoms with Crippen LogP contribution in [0.1, 0.15) is 17.0 Å². The van der Waals surface area contributed by atoms with Gasteiger partial charge in [0.05, 0.1) is 5.92 Å². The van der Waals surface area contributed by atoms with Crippen molar-refractivity contribution in [2.45, 2.75) is 5.92 Å². The van der Waals surface area contributed by atoms with E-state index in [9.17, 15) is 9.18 Å². The first-order valence-electron chi connectivity index (χ1n) is 8.71. The number of rotatable bonds is 5. The van der Waals surface area contributed by atoms with Crippen LogP contribution >= 0.6 is 0 Å². The third-order valence-electron chi connectivity index (χ3n) is 4.27. The highest BCUT2D eigenvalue weighted by Gasteiger charge is 2.24. The number of halogens is 1. The number of carbonyl (C=O) groups is 1. The van der Waals surface area contributed by atoms with E-state index in [1.807, 2.05) is 60.7 Å². The molecule has 28 heavy (non-hydrogen) atoms. The molecule has 0 saturated carbocycles. The molecule has 0 bridgehead atoms. The summed E-state index contributed by atoms with van der Waals surface area (Å²) in [6, 6.07) is 24.6. The van der Waals surface area contributed by atoms with Crippen LogP contribution < -0.4 is 5.32 Å². The number of hydrogen-bond donors (Lipinski definition) is 1. The number of benzene rings is 3. The average Bonchev–Trinajstić information content (AvgIpc) is 3.19. The number of hydrogen-bond acceptors (Lipinski definition) is 4. The lowest BCUT2D eigenvalue weighted by molar-refractivity contribution is -0.116. The molecule has 6 heteroatoms. The summed E-state index contributed by atoms with van der Waals surface area (Å²) in [6.07, 6.45) is 0. The van der Waals surface area contributed by atoms with Gasteiger partial charge in [0.15, 0.2) is 0 Å². The van der Waals surface area contributed by atoms with E-state index in [1.165, 1.54) is 24.3 Å². The molecule has 0 unspecified atom stereocenters. The molecule has 0 spiro atoms. The summed E-state index contributed by atoms with van der Waals surface area (Å²) >= 11 is 0. The van der Waals surface area contributed by atoms with Gasteiger partial charge >= 0.3 is 6.01 Å². The van der Waals surface area contributed by atoms with Crippen LogP contribution in [0.25, 0.3) is 11.5 Å². The van der Waals surface area contributed by atoms with E-state index in [4.69, 9.17) is 4.42 Å². The number of amides is 1. The van der Waals surface area contributed by atoms with Crippen LogP contribution in [0.3, 0.4) is 0 Å². The third kappa shape index (κ3) is 3.81. The number of carbonyl (C=O) groups excluding carboxylic acids is 1. The maximum Gasteiger partial charge on any atom is 0.322 e. The summed E-state index contributed by atoms with van der Waals surface area (Å²) in [5.74, 6) is -0.966. The van der Waals surface area contributed by atoms with Gasteiger partial charge in [0, 0.05) is 5.56 Å². The lowest BCUT2D eigenvalue weighted by atomic mass is 9.90. The van der Waals surface area contributed by atoms with Crippen molar-refractivity contribution in [1.29, 1.82) is 0 Å². The lowest BCUT2D eigenvalue weighted by Gasteiger charge is -2.16. The fourth-order valence-corrected chi connectivity index (χ4v) is 2.95. The Bertz CT molecular complexity index is 1020. The molecule has 138 valence electrons. The monoisotopic (exact) mass is 373 g/mol. The van der Waals surface area contributed by atoms with E-state index in [-0.39, 0.29) is 23.6 Å². The van der Waals surface area contributed by atoms with Crippen LogP contribution in [0.2, 0.25) is 0 Å². The summed E-state index contributed by atoms with van der Waals surface area (Å²) in [6.45, 7) is 0. The Morgan fingerprint density at radius 3 is 1.96 bits per heavy atom. The number of aromatic nitrogens is 2. The Kier molecular flexibility index (Phi) is 4.93. The standard InChI is InChI=1S/C22H16FN3O2/c23-18-13-11-17(12-14-18)21-25-26-22(28-21)24-20(27)19(15-7-3-1-4-8-15)16-9-5-2-6-10-16/h1-14,19H,(H,24,26,27). The molecule has 0 saturated heterocycles. The van der Waals surface area contributed by atoms with Gasteiger partial charge < -0.3 is 4.42 Å². The second kappa shape index (κ2) is 7.84. The molecule has 0 atom stereocenters. The molecule has 4 rings (SSSR count). The minimum Gasteiger partial charge on any atom is -0.403 e. The van der Waals surface area contributed by atoms with Crippen molar-refractivity contribution in [1.82, 2.24) is 10.2 Å². The molecule has 5 nitrogen and oxygen atoms in total. The lowest BCUT2D eigenvalue weighted by Crippen LogP contribution is -2.22. The summed E-state index contributed by atoms with van der Waals surface area (Å²) in [5.41, 5.74) is 2.27. The Labute approximate surface area is 160 Å². The number of nitrogens with one attached hydrogen (secondary N) is 1. The van der Waals surface area contributed by atoms with Crippen molar-refractivity contribution in [3.05, 3.63) is 102 Å². The molecule has 1 N–H and O–H groups in total. The molecule has 4 aromatic rings. The fraction of sp³-hybridized carbons (Fsp3) is 0.0455. The second-order valence-corrected chi connectivity index (χ2v) is 6.16. The largest absolute Gasteiger partial charge is 0.403 e. The third-order valence-corrected chi connectivity index (χ3v) is 4.27. The van der Waals surface area contributed by atoms with E-state index < -0.39 is 5.92 Å². The van der Waals surface area contributed by atoms with Crippen LogP contribution in [0, 0.1) is 5.82 Å². The topological polar surface area (TPSA) is 68.0 Å². The van der Waals surface area contributed by atoms with Gasteiger partial charge in [-0.15, -0.1) is 5.10 Å².